The molecule has 7 heteroatoms. The van der Waals surface area contributed by atoms with Crippen LogP contribution in [0.3, 0.4) is 0 Å². The molecule has 0 spiro atoms. The van der Waals surface area contributed by atoms with Gasteiger partial charge in [-0.05, 0) is 50.7 Å². The van der Waals surface area contributed by atoms with E-state index in [1.165, 1.54) is 12.8 Å². The first kappa shape index (κ1) is 16.5. The van der Waals surface area contributed by atoms with Crippen LogP contribution in [0.25, 0.3) is 5.65 Å². The maximum atomic E-state index is 13.2. The number of hydrogen-bond donors (Lipinski definition) is 0. The molecule has 0 unspecified atom stereocenters. The lowest BCUT2D eigenvalue weighted by Crippen LogP contribution is -2.41. The summed E-state index contributed by atoms with van der Waals surface area (Å²) in [6, 6.07) is 5.79. The summed E-state index contributed by atoms with van der Waals surface area (Å²) in [5.41, 5.74) is 2.25. The Morgan fingerprint density at radius 1 is 1.26 bits per heavy atom. The van der Waals surface area contributed by atoms with Crippen LogP contribution in [-0.4, -0.2) is 43.4 Å². The van der Waals surface area contributed by atoms with E-state index in [2.05, 4.69) is 15.1 Å². The normalized spacial score (nSPS) is 20.3. The van der Waals surface area contributed by atoms with Crippen molar-refractivity contribution in [3.63, 3.8) is 0 Å². The molecular weight excluding hydrogens is 342 g/mol. The van der Waals surface area contributed by atoms with Gasteiger partial charge in [0.1, 0.15) is 11.3 Å². The SMILES string of the molecule is Cc1nc2ccccn2c1C(=O)N1CCC[C@H](Cc2nc(C3CC3)no2)C1. The van der Waals surface area contributed by atoms with Gasteiger partial charge < -0.3 is 9.42 Å². The molecule has 0 aromatic carbocycles. The molecule has 140 valence electrons. The van der Waals surface area contributed by atoms with Crippen molar-refractivity contribution in [2.75, 3.05) is 13.1 Å². The highest BCUT2D eigenvalue weighted by atomic mass is 16.5. The summed E-state index contributed by atoms with van der Waals surface area (Å²) < 4.78 is 7.32. The minimum Gasteiger partial charge on any atom is -0.339 e. The molecule has 1 saturated carbocycles. The van der Waals surface area contributed by atoms with Crippen molar-refractivity contribution >= 4 is 11.6 Å². The number of likely N-dealkylation sites (tertiary alicyclic amines) is 1. The van der Waals surface area contributed by atoms with Gasteiger partial charge in [-0.3, -0.25) is 9.20 Å². The summed E-state index contributed by atoms with van der Waals surface area (Å²) in [4.78, 5) is 24.2. The molecule has 3 aromatic rings. The number of carbonyl (C=O) groups excluding carboxylic acids is 1. The number of piperidine rings is 1. The van der Waals surface area contributed by atoms with Gasteiger partial charge >= 0.3 is 0 Å². The van der Waals surface area contributed by atoms with Gasteiger partial charge in [-0.1, -0.05) is 11.2 Å². The zero-order valence-electron chi connectivity index (χ0n) is 15.5. The lowest BCUT2D eigenvalue weighted by atomic mass is 9.94. The molecule has 0 bridgehead atoms. The van der Waals surface area contributed by atoms with E-state index in [-0.39, 0.29) is 5.91 Å². The van der Waals surface area contributed by atoms with E-state index >= 15 is 0 Å². The third-order valence-corrected chi connectivity index (χ3v) is 5.60. The van der Waals surface area contributed by atoms with Crippen molar-refractivity contribution in [1.29, 1.82) is 0 Å². The first-order valence-electron chi connectivity index (χ1n) is 9.74. The zero-order chi connectivity index (χ0) is 18.4. The highest BCUT2D eigenvalue weighted by Crippen LogP contribution is 2.38. The Morgan fingerprint density at radius 2 is 2.15 bits per heavy atom. The Hall–Kier alpha value is -2.70. The molecule has 1 aliphatic heterocycles. The van der Waals surface area contributed by atoms with Gasteiger partial charge in [0.15, 0.2) is 5.82 Å². The fraction of sp³-hybridized carbons (Fsp3) is 0.500. The summed E-state index contributed by atoms with van der Waals surface area (Å²) >= 11 is 0. The fourth-order valence-electron chi connectivity index (χ4n) is 4.04. The van der Waals surface area contributed by atoms with Crippen molar-refractivity contribution in [3.8, 4) is 0 Å². The highest BCUT2D eigenvalue weighted by molar-refractivity contribution is 5.94. The van der Waals surface area contributed by atoms with Crippen molar-refractivity contribution in [2.45, 2.75) is 44.9 Å². The lowest BCUT2D eigenvalue weighted by Gasteiger charge is -2.32. The second-order valence-electron chi connectivity index (χ2n) is 7.76. The van der Waals surface area contributed by atoms with Crippen LogP contribution in [0.2, 0.25) is 0 Å². The number of nitrogens with zero attached hydrogens (tertiary/aromatic N) is 5. The maximum absolute atomic E-state index is 13.2. The highest BCUT2D eigenvalue weighted by Gasteiger charge is 2.31. The Kier molecular flexibility index (Phi) is 3.95. The van der Waals surface area contributed by atoms with Crippen molar-refractivity contribution < 1.29 is 9.32 Å². The Balaban J connectivity index is 1.32. The Morgan fingerprint density at radius 3 is 3.00 bits per heavy atom. The van der Waals surface area contributed by atoms with E-state index < -0.39 is 0 Å². The monoisotopic (exact) mass is 365 g/mol. The molecule has 1 aliphatic carbocycles. The first-order chi connectivity index (χ1) is 13.2. The molecule has 1 amide bonds. The average Bonchev–Trinajstić information content (AvgIpc) is 3.33. The van der Waals surface area contributed by atoms with Crippen LogP contribution >= 0.6 is 0 Å². The molecule has 1 saturated heterocycles. The minimum atomic E-state index is 0.0556. The molecule has 27 heavy (non-hydrogen) atoms. The van der Waals surface area contributed by atoms with Crippen LogP contribution in [0.5, 0.6) is 0 Å². The molecule has 5 rings (SSSR count). The van der Waals surface area contributed by atoms with E-state index in [4.69, 9.17) is 4.52 Å². The summed E-state index contributed by atoms with van der Waals surface area (Å²) in [5, 5.41) is 4.11. The van der Waals surface area contributed by atoms with Gasteiger partial charge in [0.25, 0.3) is 5.91 Å². The van der Waals surface area contributed by atoms with Crippen LogP contribution in [0.15, 0.2) is 28.9 Å². The zero-order valence-corrected chi connectivity index (χ0v) is 15.5. The van der Waals surface area contributed by atoms with E-state index in [0.717, 1.165) is 49.5 Å². The molecule has 4 heterocycles. The molecule has 0 N–H and O–H groups in total. The number of rotatable bonds is 4. The molecular formula is C20H23N5O2. The lowest BCUT2D eigenvalue weighted by molar-refractivity contribution is 0.0660. The molecule has 1 atom stereocenters. The summed E-state index contributed by atoms with van der Waals surface area (Å²) in [7, 11) is 0. The predicted molar refractivity (Wildman–Crippen MR) is 98.5 cm³/mol. The summed E-state index contributed by atoms with van der Waals surface area (Å²) in [5.74, 6) is 2.48. The van der Waals surface area contributed by atoms with Crippen LogP contribution in [0.4, 0.5) is 0 Å². The van der Waals surface area contributed by atoms with Crippen LogP contribution in [-0.2, 0) is 6.42 Å². The first-order valence-corrected chi connectivity index (χ1v) is 9.74. The van der Waals surface area contributed by atoms with Gasteiger partial charge in [0, 0.05) is 31.6 Å². The van der Waals surface area contributed by atoms with E-state index in [1.807, 2.05) is 40.6 Å². The topological polar surface area (TPSA) is 76.5 Å². The van der Waals surface area contributed by atoms with Crippen molar-refractivity contribution in [2.24, 2.45) is 5.92 Å². The number of pyridine rings is 1. The number of amides is 1. The smallest absolute Gasteiger partial charge is 0.272 e. The third-order valence-electron chi connectivity index (χ3n) is 5.60. The predicted octanol–water partition coefficient (Wildman–Crippen LogP) is 3.00. The van der Waals surface area contributed by atoms with Gasteiger partial charge in [0.05, 0.1) is 5.69 Å². The van der Waals surface area contributed by atoms with E-state index in [9.17, 15) is 4.79 Å². The number of hydrogen-bond acceptors (Lipinski definition) is 5. The van der Waals surface area contributed by atoms with E-state index in [1.54, 1.807) is 0 Å². The third kappa shape index (κ3) is 3.11. The number of imidazole rings is 1. The summed E-state index contributed by atoms with van der Waals surface area (Å²) in [6.45, 7) is 3.41. The van der Waals surface area contributed by atoms with Crippen molar-refractivity contribution in [1.82, 2.24) is 24.4 Å². The van der Waals surface area contributed by atoms with Gasteiger partial charge in [-0.15, -0.1) is 0 Å². The molecule has 2 fully saturated rings. The van der Waals surface area contributed by atoms with Crippen LogP contribution in [0.1, 0.15) is 59.5 Å². The van der Waals surface area contributed by atoms with E-state index in [0.29, 0.717) is 23.4 Å². The fourth-order valence-corrected chi connectivity index (χ4v) is 4.04. The van der Waals surface area contributed by atoms with Crippen molar-refractivity contribution in [3.05, 3.63) is 47.5 Å². The quantitative estimate of drug-likeness (QED) is 0.710. The standard InChI is InChI=1S/C20H23N5O2/c1-13-18(25-10-3-2-6-16(25)21-13)20(26)24-9-4-5-14(12-24)11-17-22-19(23-27-17)15-7-8-15/h2-3,6,10,14-15H,4-5,7-9,11-12H2,1H3/t14-/m1/s1. The largest absolute Gasteiger partial charge is 0.339 e. The second kappa shape index (κ2) is 6.48. The molecule has 0 radical (unpaired) electrons. The molecule has 2 aliphatic rings. The van der Waals surface area contributed by atoms with Crippen LogP contribution < -0.4 is 0 Å². The minimum absolute atomic E-state index is 0.0556. The van der Waals surface area contributed by atoms with Gasteiger partial charge in [-0.2, -0.15) is 4.98 Å². The van der Waals surface area contributed by atoms with Gasteiger partial charge in [0.2, 0.25) is 5.89 Å². The number of aromatic nitrogens is 4. The summed E-state index contributed by atoms with van der Waals surface area (Å²) in [6.07, 6.45) is 7.07. The van der Waals surface area contributed by atoms with Crippen LogP contribution in [0, 0.1) is 12.8 Å². The Bertz CT molecular complexity index is 987. The average molecular weight is 365 g/mol. The number of carbonyl (C=O) groups is 1. The Labute approximate surface area is 157 Å². The number of fused-ring (bicyclic) bond motifs is 1. The molecule has 7 nitrogen and oxygen atoms in total. The number of aryl methyl sites for hydroxylation is 1. The maximum Gasteiger partial charge on any atom is 0.272 e. The molecule has 3 aromatic heterocycles. The second-order valence-corrected chi connectivity index (χ2v) is 7.76. The van der Waals surface area contributed by atoms with Gasteiger partial charge in [-0.25, -0.2) is 4.98 Å².